The van der Waals surface area contributed by atoms with E-state index in [2.05, 4.69) is 23.9 Å². The Labute approximate surface area is 84.1 Å². The van der Waals surface area contributed by atoms with Crippen LogP contribution in [0.4, 0.5) is 6.01 Å². The van der Waals surface area contributed by atoms with Crippen LogP contribution in [0, 0.1) is 0 Å². The summed E-state index contributed by atoms with van der Waals surface area (Å²) in [7, 11) is 2.13. The van der Waals surface area contributed by atoms with Gasteiger partial charge in [-0.3, -0.25) is 0 Å². The van der Waals surface area contributed by atoms with Crippen LogP contribution in [-0.4, -0.2) is 30.0 Å². The molecule has 1 saturated heterocycles. The zero-order valence-electron chi connectivity index (χ0n) is 8.79. The van der Waals surface area contributed by atoms with E-state index in [4.69, 9.17) is 10.2 Å². The number of likely N-dealkylation sites (N-methyl/N-ethyl adjacent to an activating group) is 1. The molecular weight excluding hydrogens is 178 g/mol. The number of likely N-dealkylation sites (tertiary alicyclic amines) is 1. The maximum absolute atomic E-state index is 5.57. The van der Waals surface area contributed by atoms with Crippen LogP contribution in [0.2, 0.25) is 0 Å². The summed E-state index contributed by atoms with van der Waals surface area (Å²) >= 11 is 0. The predicted molar refractivity (Wildman–Crippen MR) is 55.1 cm³/mol. The number of nitrogens with two attached hydrogens (primary N) is 1. The van der Waals surface area contributed by atoms with E-state index in [0.29, 0.717) is 11.9 Å². The van der Waals surface area contributed by atoms with Gasteiger partial charge in [-0.05, 0) is 26.4 Å². The molecule has 0 aromatic carbocycles. The molecule has 2 rings (SSSR count). The Kier molecular flexibility index (Phi) is 2.46. The molecular formula is C10H17N3O. The molecule has 1 fully saturated rings. The standard InChI is InChI=1S/C10H17N3O/c1-3-8-9(14-10(11)12-8)7-4-5-13(2)6-7/h7H,3-6H2,1-2H3,(H2,11,12). The van der Waals surface area contributed by atoms with Crippen LogP contribution < -0.4 is 5.73 Å². The molecule has 0 amide bonds. The Morgan fingerprint density at radius 2 is 2.43 bits per heavy atom. The van der Waals surface area contributed by atoms with Gasteiger partial charge in [-0.2, -0.15) is 4.98 Å². The highest BCUT2D eigenvalue weighted by atomic mass is 16.4. The molecule has 1 aliphatic rings. The topological polar surface area (TPSA) is 55.3 Å². The summed E-state index contributed by atoms with van der Waals surface area (Å²) in [5.74, 6) is 1.49. The van der Waals surface area contributed by atoms with Gasteiger partial charge in [0.15, 0.2) is 0 Å². The van der Waals surface area contributed by atoms with Crippen LogP contribution in [0.3, 0.4) is 0 Å². The van der Waals surface area contributed by atoms with Gasteiger partial charge in [0.1, 0.15) is 5.76 Å². The first-order valence-corrected chi connectivity index (χ1v) is 5.14. The number of aryl methyl sites for hydroxylation is 1. The van der Waals surface area contributed by atoms with Crippen molar-refractivity contribution in [2.24, 2.45) is 0 Å². The first kappa shape index (κ1) is 9.52. The smallest absolute Gasteiger partial charge is 0.292 e. The van der Waals surface area contributed by atoms with Gasteiger partial charge in [0, 0.05) is 12.5 Å². The van der Waals surface area contributed by atoms with Crippen LogP contribution in [0.25, 0.3) is 0 Å². The molecule has 2 heterocycles. The second-order valence-electron chi connectivity index (χ2n) is 3.96. The molecule has 4 heteroatoms. The number of rotatable bonds is 2. The zero-order chi connectivity index (χ0) is 10.1. The molecule has 0 saturated carbocycles. The van der Waals surface area contributed by atoms with Crippen LogP contribution >= 0.6 is 0 Å². The summed E-state index contributed by atoms with van der Waals surface area (Å²) in [4.78, 5) is 6.50. The normalized spacial score (nSPS) is 23.1. The Balaban J connectivity index is 2.22. The van der Waals surface area contributed by atoms with E-state index in [9.17, 15) is 0 Å². The molecule has 2 N–H and O–H groups in total. The van der Waals surface area contributed by atoms with Gasteiger partial charge in [-0.1, -0.05) is 6.92 Å². The number of oxazole rings is 1. The second kappa shape index (κ2) is 3.61. The molecule has 4 nitrogen and oxygen atoms in total. The van der Waals surface area contributed by atoms with Gasteiger partial charge < -0.3 is 15.1 Å². The monoisotopic (exact) mass is 195 g/mol. The van der Waals surface area contributed by atoms with Crippen molar-refractivity contribution < 1.29 is 4.42 Å². The first-order chi connectivity index (χ1) is 6.70. The second-order valence-corrected chi connectivity index (χ2v) is 3.96. The highest BCUT2D eigenvalue weighted by Crippen LogP contribution is 2.30. The van der Waals surface area contributed by atoms with E-state index in [0.717, 1.165) is 37.4 Å². The maximum atomic E-state index is 5.57. The van der Waals surface area contributed by atoms with Crippen LogP contribution in [0.1, 0.15) is 30.7 Å². The molecule has 0 spiro atoms. The number of hydrogen-bond acceptors (Lipinski definition) is 4. The Morgan fingerprint density at radius 3 is 3.00 bits per heavy atom. The zero-order valence-corrected chi connectivity index (χ0v) is 8.79. The van der Waals surface area contributed by atoms with Gasteiger partial charge >= 0.3 is 0 Å². The van der Waals surface area contributed by atoms with Gasteiger partial charge in [-0.25, -0.2) is 0 Å². The van der Waals surface area contributed by atoms with E-state index in [-0.39, 0.29) is 0 Å². The van der Waals surface area contributed by atoms with Crippen molar-refractivity contribution in [1.82, 2.24) is 9.88 Å². The third kappa shape index (κ3) is 1.62. The predicted octanol–water partition coefficient (Wildman–Crippen LogP) is 1.24. The minimum absolute atomic E-state index is 0.311. The van der Waals surface area contributed by atoms with E-state index < -0.39 is 0 Å². The average Bonchev–Trinajstić information content (AvgIpc) is 2.71. The van der Waals surface area contributed by atoms with Gasteiger partial charge in [0.05, 0.1) is 5.69 Å². The Hall–Kier alpha value is -1.03. The minimum Gasteiger partial charge on any atom is -0.428 e. The first-order valence-electron chi connectivity index (χ1n) is 5.14. The number of nitrogens with zero attached hydrogens (tertiary/aromatic N) is 2. The highest BCUT2D eigenvalue weighted by molar-refractivity contribution is 5.24. The lowest BCUT2D eigenvalue weighted by Crippen LogP contribution is -2.13. The molecule has 1 aromatic heterocycles. The van der Waals surface area contributed by atoms with Crippen LogP contribution in [-0.2, 0) is 6.42 Å². The highest BCUT2D eigenvalue weighted by Gasteiger charge is 2.27. The summed E-state index contributed by atoms with van der Waals surface area (Å²) in [6.07, 6.45) is 2.05. The fraction of sp³-hybridized carbons (Fsp3) is 0.700. The van der Waals surface area contributed by atoms with Crippen molar-refractivity contribution in [3.63, 3.8) is 0 Å². The molecule has 1 aliphatic heterocycles. The third-order valence-electron chi connectivity index (χ3n) is 2.84. The lowest BCUT2D eigenvalue weighted by molar-refractivity contribution is 0.397. The van der Waals surface area contributed by atoms with Crippen molar-refractivity contribution in [2.45, 2.75) is 25.7 Å². The number of anilines is 1. The SMILES string of the molecule is CCc1nc(N)oc1C1CCN(C)C1. The number of aromatic nitrogens is 1. The number of nitrogen functional groups attached to an aromatic ring is 1. The lowest BCUT2D eigenvalue weighted by atomic mass is 10.0. The Morgan fingerprint density at radius 1 is 1.64 bits per heavy atom. The van der Waals surface area contributed by atoms with Crippen molar-refractivity contribution in [1.29, 1.82) is 0 Å². The Bertz CT molecular complexity index is 321. The van der Waals surface area contributed by atoms with Crippen molar-refractivity contribution in [2.75, 3.05) is 25.9 Å². The van der Waals surface area contributed by atoms with Crippen LogP contribution in [0.5, 0.6) is 0 Å². The van der Waals surface area contributed by atoms with E-state index in [1.165, 1.54) is 0 Å². The van der Waals surface area contributed by atoms with E-state index in [1.807, 2.05) is 0 Å². The van der Waals surface area contributed by atoms with E-state index >= 15 is 0 Å². The summed E-state index contributed by atoms with van der Waals surface area (Å²) in [6, 6.07) is 0.311. The van der Waals surface area contributed by atoms with Crippen molar-refractivity contribution in [3.8, 4) is 0 Å². The van der Waals surface area contributed by atoms with Crippen molar-refractivity contribution in [3.05, 3.63) is 11.5 Å². The molecule has 1 aromatic rings. The van der Waals surface area contributed by atoms with Crippen molar-refractivity contribution >= 4 is 6.01 Å². The largest absolute Gasteiger partial charge is 0.428 e. The van der Waals surface area contributed by atoms with Gasteiger partial charge in [-0.15, -0.1) is 0 Å². The number of hydrogen-bond donors (Lipinski definition) is 1. The lowest BCUT2D eigenvalue weighted by Gasteiger charge is -2.08. The summed E-state index contributed by atoms with van der Waals surface area (Å²) < 4.78 is 5.48. The molecule has 78 valence electrons. The maximum Gasteiger partial charge on any atom is 0.292 e. The molecule has 0 aliphatic carbocycles. The molecule has 14 heavy (non-hydrogen) atoms. The third-order valence-corrected chi connectivity index (χ3v) is 2.84. The molecule has 0 bridgehead atoms. The van der Waals surface area contributed by atoms with E-state index in [1.54, 1.807) is 0 Å². The quantitative estimate of drug-likeness (QED) is 0.771. The fourth-order valence-corrected chi connectivity index (χ4v) is 2.10. The molecule has 0 radical (unpaired) electrons. The van der Waals surface area contributed by atoms with Crippen LogP contribution in [0.15, 0.2) is 4.42 Å². The summed E-state index contributed by atoms with van der Waals surface area (Å²) in [5.41, 5.74) is 6.60. The minimum atomic E-state index is 0.311. The summed E-state index contributed by atoms with van der Waals surface area (Å²) in [6.45, 7) is 4.27. The average molecular weight is 195 g/mol. The van der Waals surface area contributed by atoms with Gasteiger partial charge in [0.25, 0.3) is 6.01 Å². The molecule has 1 unspecified atom stereocenters. The summed E-state index contributed by atoms with van der Waals surface area (Å²) in [5, 5.41) is 0. The molecule has 1 atom stereocenters. The van der Waals surface area contributed by atoms with Gasteiger partial charge in [0.2, 0.25) is 0 Å². The fourth-order valence-electron chi connectivity index (χ4n) is 2.10.